The van der Waals surface area contributed by atoms with E-state index in [1.807, 2.05) is 24.3 Å². The van der Waals surface area contributed by atoms with Gasteiger partial charge in [-0.05, 0) is 43.6 Å². The molecule has 26 heavy (non-hydrogen) atoms. The predicted octanol–water partition coefficient (Wildman–Crippen LogP) is 4.69. The summed E-state index contributed by atoms with van der Waals surface area (Å²) in [7, 11) is 0. The van der Waals surface area contributed by atoms with Gasteiger partial charge in [-0.25, -0.2) is 0 Å². The first-order chi connectivity index (χ1) is 12.4. The average Bonchev–Trinajstić information content (AvgIpc) is 2.94. The lowest BCUT2D eigenvalue weighted by Crippen LogP contribution is -2.15. The van der Waals surface area contributed by atoms with Gasteiger partial charge in [-0.1, -0.05) is 63.5 Å². The van der Waals surface area contributed by atoms with Crippen LogP contribution in [-0.4, -0.2) is 28.1 Å². The molecule has 4 nitrogen and oxygen atoms in total. The first-order valence-corrected chi connectivity index (χ1v) is 9.89. The van der Waals surface area contributed by atoms with Crippen LogP contribution in [0.4, 0.5) is 0 Å². The minimum absolute atomic E-state index is 0.0942. The first kappa shape index (κ1) is 22.4. The van der Waals surface area contributed by atoms with Crippen molar-refractivity contribution in [2.75, 3.05) is 0 Å². The number of aliphatic hydroxyl groups is 1. The molecule has 0 saturated carbocycles. The Bertz CT molecular complexity index is 518. The largest absolute Gasteiger partial charge is 0.481 e. The van der Waals surface area contributed by atoms with Crippen molar-refractivity contribution in [2.45, 2.75) is 71.3 Å². The molecule has 0 radical (unpaired) electrons. The fourth-order valence-electron chi connectivity index (χ4n) is 3.27. The first-order valence-electron chi connectivity index (χ1n) is 9.89. The maximum atomic E-state index is 12.1. The number of carboxylic acids is 1. The summed E-state index contributed by atoms with van der Waals surface area (Å²) in [6, 6.07) is 0. The molecule has 0 saturated heterocycles. The van der Waals surface area contributed by atoms with Crippen LogP contribution in [0.1, 0.15) is 65.2 Å². The van der Waals surface area contributed by atoms with Crippen molar-refractivity contribution in [1.82, 2.24) is 0 Å². The highest BCUT2D eigenvalue weighted by Crippen LogP contribution is 2.27. The number of ketones is 1. The Morgan fingerprint density at radius 1 is 1.31 bits per heavy atom. The zero-order chi connectivity index (χ0) is 19.4. The van der Waals surface area contributed by atoms with Crippen LogP contribution in [0.2, 0.25) is 0 Å². The van der Waals surface area contributed by atoms with Gasteiger partial charge < -0.3 is 10.2 Å². The molecule has 4 heteroatoms. The lowest BCUT2D eigenvalue weighted by atomic mass is 9.90. The summed E-state index contributed by atoms with van der Waals surface area (Å²) in [4.78, 5) is 22.5. The summed E-state index contributed by atoms with van der Waals surface area (Å²) in [5, 5.41) is 18.8. The predicted molar refractivity (Wildman–Crippen MR) is 105 cm³/mol. The van der Waals surface area contributed by atoms with Crippen molar-refractivity contribution >= 4 is 11.8 Å². The highest BCUT2D eigenvalue weighted by atomic mass is 16.4. The molecule has 4 atom stereocenters. The van der Waals surface area contributed by atoms with E-state index in [1.165, 1.54) is 12.8 Å². The number of rotatable bonds is 13. The number of carbonyl (C=O) groups excluding carboxylic acids is 1. The summed E-state index contributed by atoms with van der Waals surface area (Å²) in [5.74, 6) is -0.262. The van der Waals surface area contributed by atoms with Gasteiger partial charge in [0.05, 0.1) is 6.10 Å². The molecule has 146 valence electrons. The molecule has 0 amide bonds. The van der Waals surface area contributed by atoms with Crippen LogP contribution in [0, 0.1) is 17.8 Å². The molecule has 0 aliphatic heterocycles. The Kier molecular flexibility index (Phi) is 10.9. The van der Waals surface area contributed by atoms with Crippen LogP contribution in [0.5, 0.6) is 0 Å². The van der Waals surface area contributed by atoms with Crippen LogP contribution in [0.15, 0.2) is 36.5 Å². The van der Waals surface area contributed by atoms with E-state index in [1.54, 1.807) is 12.2 Å². The molecule has 0 unspecified atom stereocenters. The number of hydrogen-bond acceptors (Lipinski definition) is 3. The number of hydrogen-bond donors (Lipinski definition) is 2. The van der Waals surface area contributed by atoms with E-state index in [0.717, 1.165) is 25.7 Å². The molecule has 1 rings (SSSR count). The number of carbonyl (C=O) groups is 2. The van der Waals surface area contributed by atoms with Gasteiger partial charge in [0.25, 0.3) is 0 Å². The summed E-state index contributed by atoms with van der Waals surface area (Å²) < 4.78 is 0. The highest BCUT2D eigenvalue weighted by Gasteiger charge is 2.27. The van der Waals surface area contributed by atoms with Crippen molar-refractivity contribution < 1.29 is 19.8 Å². The SMILES string of the molecule is CCCC[C@H](C)C[C@H](O)/C=C/[C@H]1C(=O)C=C[C@@H]1C/C=C\CCCC(=O)O. The zero-order valence-electron chi connectivity index (χ0n) is 16.1. The number of carboxylic acid groups (broad SMARTS) is 1. The number of unbranched alkanes of at least 4 members (excludes halogenated alkanes) is 2. The lowest BCUT2D eigenvalue weighted by molar-refractivity contribution is -0.137. The number of aliphatic hydroxyl groups excluding tert-OH is 1. The van der Waals surface area contributed by atoms with Gasteiger partial charge in [0, 0.05) is 12.3 Å². The third kappa shape index (κ3) is 9.14. The Labute approximate surface area is 157 Å². The maximum absolute atomic E-state index is 12.1. The molecule has 2 N–H and O–H groups in total. The maximum Gasteiger partial charge on any atom is 0.303 e. The van der Waals surface area contributed by atoms with Crippen molar-refractivity contribution in [1.29, 1.82) is 0 Å². The van der Waals surface area contributed by atoms with Crippen LogP contribution in [0.25, 0.3) is 0 Å². The van der Waals surface area contributed by atoms with Crippen molar-refractivity contribution in [3.05, 3.63) is 36.5 Å². The van der Waals surface area contributed by atoms with E-state index < -0.39 is 12.1 Å². The van der Waals surface area contributed by atoms with Crippen LogP contribution < -0.4 is 0 Å². The molecule has 1 aliphatic carbocycles. The standard InChI is InChI=1S/C22H34O4/c1-3-4-9-17(2)16-19(23)13-14-20-18(12-15-21(20)24)10-7-5-6-8-11-22(25)26/h5,7,12-15,17-20,23H,3-4,6,8-11,16H2,1-2H3,(H,25,26)/b7-5-,14-13+/t17-,18-,19+,20+/m0/s1. The lowest BCUT2D eigenvalue weighted by Gasteiger charge is -2.16. The minimum Gasteiger partial charge on any atom is -0.481 e. The summed E-state index contributed by atoms with van der Waals surface area (Å²) in [6.45, 7) is 4.33. The number of allylic oxidation sites excluding steroid dienone is 5. The van der Waals surface area contributed by atoms with Crippen LogP contribution in [0.3, 0.4) is 0 Å². The summed E-state index contributed by atoms with van der Waals surface area (Å²) >= 11 is 0. The van der Waals surface area contributed by atoms with Gasteiger partial charge in [-0.2, -0.15) is 0 Å². The van der Waals surface area contributed by atoms with Gasteiger partial charge in [0.15, 0.2) is 5.78 Å². The second kappa shape index (κ2) is 12.6. The smallest absolute Gasteiger partial charge is 0.303 e. The fraction of sp³-hybridized carbons (Fsp3) is 0.636. The molecule has 0 fully saturated rings. The highest BCUT2D eigenvalue weighted by molar-refractivity contribution is 5.95. The molecule has 1 aliphatic rings. The van der Waals surface area contributed by atoms with Gasteiger partial charge in [-0.3, -0.25) is 9.59 Å². The van der Waals surface area contributed by atoms with Crippen molar-refractivity contribution in [3.8, 4) is 0 Å². The normalized spacial score (nSPS) is 22.5. The minimum atomic E-state index is -0.768. The van der Waals surface area contributed by atoms with Crippen LogP contribution >= 0.6 is 0 Å². The molecule has 0 bridgehead atoms. The zero-order valence-corrected chi connectivity index (χ0v) is 16.1. The molecule has 0 aromatic carbocycles. The van der Waals surface area contributed by atoms with Gasteiger partial charge in [0.1, 0.15) is 0 Å². The van der Waals surface area contributed by atoms with E-state index in [2.05, 4.69) is 13.8 Å². The third-order valence-electron chi connectivity index (χ3n) is 4.87. The van der Waals surface area contributed by atoms with E-state index in [4.69, 9.17) is 5.11 Å². The Hall–Kier alpha value is -1.68. The Morgan fingerprint density at radius 3 is 2.77 bits per heavy atom. The van der Waals surface area contributed by atoms with Crippen molar-refractivity contribution in [3.63, 3.8) is 0 Å². The second-order valence-electron chi connectivity index (χ2n) is 7.38. The van der Waals surface area contributed by atoms with E-state index in [0.29, 0.717) is 12.3 Å². The Morgan fingerprint density at radius 2 is 2.08 bits per heavy atom. The Balaban J connectivity index is 2.41. The van der Waals surface area contributed by atoms with E-state index >= 15 is 0 Å². The van der Waals surface area contributed by atoms with Gasteiger partial charge in [-0.15, -0.1) is 0 Å². The topological polar surface area (TPSA) is 74.6 Å². The molecular formula is C22H34O4. The second-order valence-corrected chi connectivity index (χ2v) is 7.38. The van der Waals surface area contributed by atoms with Crippen LogP contribution in [-0.2, 0) is 9.59 Å². The monoisotopic (exact) mass is 362 g/mol. The average molecular weight is 363 g/mol. The third-order valence-corrected chi connectivity index (χ3v) is 4.87. The molecule has 0 heterocycles. The molecule has 0 aromatic rings. The van der Waals surface area contributed by atoms with Gasteiger partial charge in [0.2, 0.25) is 0 Å². The van der Waals surface area contributed by atoms with Gasteiger partial charge >= 0.3 is 5.97 Å². The quantitative estimate of drug-likeness (QED) is 0.368. The van der Waals surface area contributed by atoms with E-state index in [-0.39, 0.29) is 24.0 Å². The summed E-state index contributed by atoms with van der Waals surface area (Å²) in [6.07, 6.45) is 17.3. The fourth-order valence-corrected chi connectivity index (χ4v) is 3.27. The molecular weight excluding hydrogens is 328 g/mol. The number of aliphatic carboxylic acids is 1. The van der Waals surface area contributed by atoms with E-state index in [9.17, 15) is 14.7 Å². The van der Waals surface area contributed by atoms with Crippen molar-refractivity contribution in [2.24, 2.45) is 17.8 Å². The molecule has 0 spiro atoms. The molecule has 0 aromatic heterocycles. The summed E-state index contributed by atoms with van der Waals surface area (Å²) in [5.41, 5.74) is 0.